The van der Waals surface area contributed by atoms with Crippen LogP contribution >= 0.6 is 0 Å². The predicted molar refractivity (Wildman–Crippen MR) is 73.8 cm³/mol. The van der Waals surface area contributed by atoms with Crippen LogP contribution in [-0.2, 0) is 9.53 Å². The molecule has 0 spiro atoms. The molecule has 1 aromatic carbocycles. The van der Waals surface area contributed by atoms with Crippen LogP contribution in [-0.4, -0.2) is 18.1 Å². The number of nitriles is 1. The van der Waals surface area contributed by atoms with Crippen LogP contribution in [0, 0.1) is 11.3 Å². The standard InChI is InChI=1S/C15H13N3O2/c1-20-15(19)14(11-5-3-2-4-6-11)18-13-8-7-12(9-16)17-10-13/h2-8,10,14,18H,1H3. The molecule has 2 rings (SSSR count). The maximum atomic E-state index is 11.9. The highest BCUT2D eigenvalue weighted by Crippen LogP contribution is 2.20. The van der Waals surface area contributed by atoms with Gasteiger partial charge in [0.05, 0.1) is 19.0 Å². The van der Waals surface area contributed by atoms with Gasteiger partial charge in [0.2, 0.25) is 0 Å². The van der Waals surface area contributed by atoms with E-state index >= 15 is 0 Å². The van der Waals surface area contributed by atoms with E-state index in [1.807, 2.05) is 36.4 Å². The molecule has 1 N–H and O–H groups in total. The fourth-order valence-electron chi connectivity index (χ4n) is 1.75. The van der Waals surface area contributed by atoms with Crippen LogP contribution in [0.2, 0.25) is 0 Å². The van der Waals surface area contributed by atoms with E-state index in [4.69, 9.17) is 10.00 Å². The van der Waals surface area contributed by atoms with E-state index in [0.29, 0.717) is 11.4 Å². The summed E-state index contributed by atoms with van der Waals surface area (Å²) in [5, 5.41) is 11.8. The molecule has 0 fully saturated rings. The van der Waals surface area contributed by atoms with E-state index in [2.05, 4.69) is 10.3 Å². The van der Waals surface area contributed by atoms with Crippen LogP contribution in [0.4, 0.5) is 5.69 Å². The van der Waals surface area contributed by atoms with Crippen molar-refractivity contribution in [1.82, 2.24) is 4.98 Å². The molecule has 0 radical (unpaired) electrons. The minimum absolute atomic E-state index is 0.324. The fourth-order valence-corrected chi connectivity index (χ4v) is 1.75. The maximum absolute atomic E-state index is 11.9. The summed E-state index contributed by atoms with van der Waals surface area (Å²) in [5.41, 5.74) is 1.76. The number of hydrogen-bond acceptors (Lipinski definition) is 5. The van der Waals surface area contributed by atoms with Gasteiger partial charge in [-0.05, 0) is 17.7 Å². The smallest absolute Gasteiger partial charge is 0.332 e. The Labute approximate surface area is 116 Å². The number of rotatable bonds is 4. The molecule has 0 saturated heterocycles. The highest BCUT2D eigenvalue weighted by atomic mass is 16.5. The lowest BCUT2D eigenvalue weighted by molar-refractivity contribution is -0.141. The van der Waals surface area contributed by atoms with Gasteiger partial charge in [-0.15, -0.1) is 0 Å². The Bertz CT molecular complexity index is 618. The van der Waals surface area contributed by atoms with Gasteiger partial charge in [0.25, 0.3) is 0 Å². The quantitative estimate of drug-likeness (QED) is 0.860. The topological polar surface area (TPSA) is 75.0 Å². The van der Waals surface area contributed by atoms with Crippen molar-refractivity contribution in [3.8, 4) is 6.07 Å². The summed E-state index contributed by atoms with van der Waals surface area (Å²) in [7, 11) is 1.34. The zero-order valence-electron chi connectivity index (χ0n) is 10.9. The number of carbonyl (C=O) groups excluding carboxylic acids is 1. The normalized spacial score (nSPS) is 11.2. The van der Waals surface area contributed by atoms with E-state index in [1.165, 1.54) is 13.3 Å². The second-order valence-electron chi connectivity index (χ2n) is 4.06. The molecule has 0 bridgehead atoms. The Hall–Kier alpha value is -2.87. The Morgan fingerprint density at radius 2 is 2.05 bits per heavy atom. The molecule has 0 aliphatic heterocycles. The lowest BCUT2D eigenvalue weighted by atomic mass is 10.1. The summed E-state index contributed by atoms with van der Waals surface area (Å²) in [6.45, 7) is 0. The van der Waals surface area contributed by atoms with Crippen molar-refractivity contribution < 1.29 is 9.53 Å². The monoisotopic (exact) mass is 267 g/mol. The van der Waals surface area contributed by atoms with Crippen LogP contribution in [0.25, 0.3) is 0 Å². The number of methoxy groups -OCH3 is 1. The van der Waals surface area contributed by atoms with Crippen LogP contribution in [0.15, 0.2) is 48.7 Å². The Morgan fingerprint density at radius 3 is 2.60 bits per heavy atom. The third kappa shape index (κ3) is 3.12. The van der Waals surface area contributed by atoms with Gasteiger partial charge in [-0.25, -0.2) is 9.78 Å². The van der Waals surface area contributed by atoms with Crippen molar-refractivity contribution in [2.75, 3.05) is 12.4 Å². The Kier molecular flexibility index (Phi) is 4.30. The number of benzene rings is 1. The van der Waals surface area contributed by atoms with Crippen molar-refractivity contribution in [2.24, 2.45) is 0 Å². The van der Waals surface area contributed by atoms with Gasteiger partial charge in [0, 0.05) is 0 Å². The first-order valence-corrected chi connectivity index (χ1v) is 6.00. The second kappa shape index (κ2) is 6.34. The molecule has 100 valence electrons. The van der Waals surface area contributed by atoms with Crippen molar-refractivity contribution in [1.29, 1.82) is 5.26 Å². The van der Waals surface area contributed by atoms with Gasteiger partial charge in [0.1, 0.15) is 11.8 Å². The van der Waals surface area contributed by atoms with Gasteiger partial charge in [-0.1, -0.05) is 30.3 Å². The lowest BCUT2D eigenvalue weighted by Crippen LogP contribution is -2.22. The zero-order chi connectivity index (χ0) is 14.4. The number of carbonyl (C=O) groups is 1. The average Bonchev–Trinajstić information content (AvgIpc) is 2.53. The van der Waals surface area contributed by atoms with E-state index in [0.717, 1.165) is 5.56 Å². The molecule has 1 unspecified atom stereocenters. The largest absolute Gasteiger partial charge is 0.467 e. The molecule has 20 heavy (non-hydrogen) atoms. The molecule has 0 aliphatic carbocycles. The maximum Gasteiger partial charge on any atom is 0.332 e. The molecular weight excluding hydrogens is 254 g/mol. The highest BCUT2D eigenvalue weighted by molar-refractivity contribution is 5.80. The third-order valence-corrected chi connectivity index (χ3v) is 2.76. The summed E-state index contributed by atoms with van der Waals surface area (Å²) in [4.78, 5) is 15.8. The van der Waals surface area contributed by atoms with Gasteiger partial charge in [0.15, 0.2) is 6.04 Å². The summed E-state index contributed by atoms with van der Waals surface area (Å²) in [6, 6.07) is 13.9. The Balaban J connectivity index is 2.24. The molecule has 1 aromatic heterocycles. The molecule has 5 nitrogen and oxygen atoms in total. The molecule has 0 saturated carbocycles. The summed E-state index contributed by atoms with van der Waals surface area (Å²) >= 11 is 0. The van der Waals surface area contributed by atoms with E-state index < -0.39 is 6.04 Å². The van der Waals surface area contributed by atoms with E-state index in [-0.39, 0.29) is 5.97 Å². The molecule has 2 aromatic rings. The molecule has 0 amide bonds. The van der Waals surface area contributed by atoms with Crippen molar-refractivity contribution >= 4 is 11.7 Å². The summed E-state index contributed by atoms with van der Waals surface area (Å²) in [5.74, 6) is -0.388. The molecule has 0 aliphatic rings. The second-order valence-corrected chi connectivity index (χ2v) is 4.06. The number of anilines is 1. The number of hydrogen-bond donors (Lipinski definition) is 1. The minimum Gasteiger partial charge on any atom is -0.467 e. The number of esters is 1. The van der Waals surface area contributed by atoms with Crippen LogP contribution in [0.1, 0.15) is 17.3 Å². The van der Waals surface area contributed by atoms with Crippen molar-refractivity contribution in [3.05, 3.63) is 59.9 Å². The third-order valence-electron chi connectivity index (χ3n) is 2.76. The zero-order valence-corrected chi connectivity index (χ0v) is 10.9. The van der Waals surface area contributed by atoms with Gasteiger partial charge in [-0.3, -0.25) is 0 Å². The lowest BCUT2D eigenvalue weighted by Gasteiger charge is -2.17. The average molecular weight is 267 g/mol. The predicted octanol–water partition coefficient (Wildman–Crippen LogP) is 2.28. The Morgan fingerprint density at radius 1 is 1.30 bits per heavy atom. The minimum atomic E-state index is -0.615. The molecular formula is C15H13N3O2. The molecule has 5 heteroatoms. The number of nitrogens with one attached hydrogen (secondary N) is 1. The fraction of sp³-hybridized carbons (Fsp3) is 0.133. The summed E-state index contributed by atoms with van der Waals surface area (Å²) in [6.07, 6.45) is 1.51. The van der Waals surface area contributed by atoms with Crippen LogP contribution in [0.3, 0.4) is 0 Å². The number of ether oxygens (including phenoxy) is 1. The number of pyridine rings is 1. The SMILES string of the molecule is COC(=O)C(Nc1ccc(C#N)nc1)c1ccccc1. The van der Waals surface area contributed by atoms with Gasteiger partial charge < -0.3 is 10.1 Å². The molecule has 1 atom stereocenters. The first-order chi connectivity index (χ1) is 9.74. The number of aromatic nitrogens is 1. The van der Waals surface area contributed by atoms with Crippen LogP contribution < -0.4 is 5.32 Å². The van der Waals surface area contributed by atoms with Gasteiger partial charge in [-0.2, -0.15) is 5.26 Å². The first kappa shape index (κ1) is 13.6. The van der Waals surface area contributed by atoms with Gasteiger partial charge >= 0.3 is 5.97 Å². The highest BCUT2D eigenvalue weighted by Gasteiger charge is 2.20. The first-order valence-electron chi connectivity index (χ1n) is 6.00. The van der Waals surface area contributed by atoms with Crippen LogP contribution in [0.5, 0.6) is 0 Å². The summed E-state index contributed by atoms with van der Waals surface area (Å²) < 4.78 is 4.81. The van der Waals surface area contributed by atoms with Crippen molar-refractivity contribution in [2.45, 2.75) is 6.04 Å². The number of nitrogens with zero attached hydrogens (tertiary/aromatic N) is 2. The molecule has 1 heterocycles. The van der Waals surface area contributed by atoms with Crippen molar-refractivity contribution in [3.63, 3.8) is 0 Å². The van der Waals surface area contributed by atoms with E-state index in [9.17, 15) is 4.79 Å². The van der Waals surface area contributed by atoms with E-state index in [1.54, 1.807) is 12.1 Å².